The number of rotatable bonds is 4. The monoisotopic (exact) mass is 306 g/mol. The van der Waals surface area contributed by atoms with Crippen LogP contribution in [0.3, 0.4) is 0 Å². The average molecular weight is 307 g/mol. The van der Waals surface area contributed by atoms with E-state index in [4.69, 9.17) is 11.6 Å². The summed E-state index contributed by atoms with van der Waals surface area (Å²) in [7, 11) is 0. The van der Waals surface area contributed by atoms with Crippen molar-refractivity contribution < 1.29 is 9.59 Å². The lowest BCUT2D eigenvalue weighted by Gasteiger charge is -2.40. The number of hydrogen-bond donors (Lipinski definition) is 1. The molecule has 2 atom stereocenters. The van der Waals surface area contributed by atoms with Crippen LogP contribution in [-0.4, -0.2) is 29.3 Å². The van der Waals surface area contributed by atoms with E-state index in [0.29, 0.717) is 5.03 Å². The highest BCUT2D eigenvalue weighted by Gasteiger charge is 2.42. The van der Waals surface area contributed by atoms with E-state index in [9.17, 15) is 9.59 Å². The van der Waals surface area contributed by atoms with Crippen LogP contribution in [-0.2, 0) is 9.59 Å². The Labute approximate surface area is 129 Å². The van der Waals surface area contributed by atoms with Crippen LogP contribution in [0, 0.1) is 5.92 Å². The topological polar surface area (TPSA) is 49.4 Å². The van der Waals surface area contributed by atoms with Gasteiger partial charge in [-0.05, 0) is 11.5 Å². The Morgan fingerprint density at radius 1 is 1.33 bits per heavy atom. The molecule has 0 aromatic heterocycles. The minimum Gasteiger partial charge on any atom is -0.342 e. The lowest BCUT2D eigenvalue weighted by Crippen LogP contribution is -2.61. The third-order valence-corrected chi connectivity index (χ3v) is 3.65. The molecule has 1 fully saturated rings. The maximum absolute atomic E-state index is 12.6. The number of hydrogen-bond acceptors (Lipinski definition) is 2. The van der Waals surface area contributed by atoms with Crippen LogP contribution in [0.1, 0.15) is 25.5 Å². The second-order valence-electron chi connectivity index (χ2n) is 5.53. The van der Waals surface area contributed by atoms with Crippen molar-refractivity contribution in [1.82, 2.24) is 10.2 Å². The lowest BCUT2D eigenvalue weighted by molar-refractivity contribution is -0.150. The van der Waals surface area contributed by atoms with E-state index in [-0.39, 0.29) is 24.3 Å². The molecule has 0 aliphatic carbocycles. The molecule has 0 spiro atoms. The van der Waals surface area contributed by atoms with E-state index in [1.165, 1.54) is 4.90 Å². The molecule has 1 heterocycles. The Kier molecular flexibility index (Phi) is 4.68. The van der Waals surface area contributed by atoms with E-state index in [2.05, 4.69) is 11.9 Å². The van der Waals surface area contributed by atoms with Gasteiger partial charge in [-0.3, -0.25) is 9.59 Å². The highest BCUT2D eigenvalue weighted by molar-refractivity contribution is 6.29. The minimum atomic E-state index is -0.663. The Morgan fingerprint density at radius 3 is 2.48 bits per heavy atom. The van der Waals surface area contributed by atoms with Crippen LogP contribution in [0.5, 0.6) is 0 Å². The van der Waals surface area contributed by atoms with Crippen molar-refractivity contribution >= 4 is 23.4 Å². The van der Waals surface area contributed by atoms with Crippen molar-refractivity contribution in [2.45, 2.75) is 25.9 Å². The maximum Gasteiger partial charge on any atom is 0.248 e. The van der Waals surface area contributed by atoms with Gasteiger partial charge in [-0.2, -0.15) is 0 Å². The summed E-state index contributed by atoms with van der Waals surface area (Å²) >= 11 is 5.88. The normalized spacial score (nSPS) is 22.4. The highest BCUT2D eigenvalue weighted by atomic mass is 35.5. The number of halogens is 1. The molecule has 1 N–H and O–H groups in total. The molecule has 0 bridgehead atoms. The first-order valence-electron chi connectivity index (χ1n) is 6.91. The molecule has 1 aliphatic rings. The first-order valence-corrected chi connectivity index (χ1v) is 7.28. The molecule has 1 aromatic rings. The predicted octanol–water partition coefficient (Wildman–Crippen LogP) is 2.46. The van der Waals surface area contributed by atoms with Crippen molar-refractivity contribution in [3.8, 4) is 0 Å². The number of carbonyl (C=O) groups excluding carboxylic acids is 2. The highest BCUT2D eigenvalue weighted by Crippen LogP contribution is 2.28. The van der Waals surface area contributed by atoms with Gasteiger partial charge in [0.1, 0.15) is 12.1 Å². The molecule has 0 saturated carbocycles. The molecule has 5 heteroatoms. The average Bonchev–Trinajstić information content (AvgIpc) is 2.43. The summed E-state index contributed by atoms with van der Waals surface area (Å²) in [6, 6.07) is 8.03. The Bertz CT molecular complexity index is 557. The summed E-state index contributed by atoms with van der Waals surface area (Å²) in [4.78, 5) is 26.6. The molecule has 21 heavy (non-hydrogen) atoms. The van der Waals surface area contributed by atoms with Gasteiger partial charge in [0.25, 0.3) is 0 Å². The number of benzene rings is 1. The van der Waals surface area contributed by atoms with E-state index < -0.39 is 12.1 Å². The van der Waals surface area contributed by atoms with Crippen molar-refractivity contribution in [2.75, 3.05) is 6.54 Å². The van der Waals surface area contributed by atoms with Gasteiger partial charge in [-0.1, -0.05) is 62.4 Å². The molecule has 2 amide bonds. The summed E-state index contributed by atoms with van der Waals surface area (Å²) < 4.78 is 0. The second-order valence-corrected chi connectivity index (χ2v) is 6.06. The third-order valence-electron chi connectivity index (χ3n) is 3.53. The van der Waals surface area contributed by atoms with E-state index in [1.807, 2.05) is 44.2 Å². The van der Waals surface area contributed by atoms with Crippen LogP contribution >= 0.6 is 11.6 Å². The van der Waals surface area contributed by atoms with Gasteiger partial charge in [0.05, 0.1) is 6.54 Å². The molecule has 1 aliphatic heterocycles. The van der Waals surface area contributed by atoms with Gasteiger partial charge in [-0.25, -0.2) is 0 Å². The van der Waals surface area contributed by atoms with E-state index >= 15 is 0 Å². The molecule has 1 saturated heterocycles. The van der Waals surface area contributed by atoms with Crippen LogP contribution in [0.15, 0.2) is 41.9 Å². The SMILES string of the molecule is C=C(Cl)CN1C(=O)C(C(C)C)NC(=O)C1c1ccccc1. The second kappa shape index (κ2) is 6.31. The summed E-state index contributed by atoms with van der Waals surface area (Å²) in [5.41, 5.74) is 0.767. The molecule has 2 unspecified atom stereocenters. The van der Waals surface area contributed by atoms with Gasteiger partial charge < -0.3 is 10.2 Å². The fourth-order valence-electron chi connectivity index (χ4n) is 2.51. The summed E-state index contributed by atoms with van der Waals surface area (Å²) in [6.07, 6.45) is 0. The van der Waals surface area contributed by atoms with Gasteiger partial charge in [0.2, 0.25) is 11.8 Å². The van der Waals surface area contributed by atoms with E-state index in [0.717, 1.165) is 5.56 Å². The number of carbonyl (C=O) groups is 2. The van der Waals surface area contributed by atoms with Gasteiger partial charge in [-0.15, -0.1) is 0 Å². The molecule has 1 aromatic carbocycles. The molecule has 0 radical (unpaired) electrons. The maximum atomic E-state index is 12.6. The Hall–Kier alpha value is -1.81. The standard InChI is InChI=1S/C16H19ClN2O2/c1-10(2)13-16(21)19(9-11(3)17)14(15(20)18-13)12-7-5-4-6-8-12/h4-8,10,13-14H,3,9H2,1-2H3,(H,18,20). The van der Waals surface area contributed by atoms with Crippen LogP contribution in [0.25, 0.3) is 0 Å². The molecular formula is C16H19ClN2O2. The number of nitrogens with zero attached hydrogens (tertiary/aromatic N) is 1. The summed E-state index contributed by atoms with van der Waals surface area (Å²) in [5.74, 6) is -0.290. The van der Waals surface area contributed by atoms with Gasteiger partial charge >= 0.3 is 0 Å². The van der Waals surface area contributed by atoms with Crippen molar-refractivity contribution in [1.29, 1.82) is 0 Å². The number of amides is 2. The molecule has 2 rings (SSSR count). The fraction of sp³-hybridized carbons (Fsp3) is 0.375. The van der Waals surface area contributed by atoms with Crippen LogP contribution < -0.4 is 5.32 Å². The van der Waals surface area contributed by atoms with Gasteiger partial charge in [0, 0.05) is 5.03 Å². The van der Waals surface area contributed by atoms with Crippen molar-refractivity contribution in [3.63, 3.8) is 0 Å². The minimum absolute atomic E-state index is 0.0178. The fourth-order valence-corrected chi connectivity index (χ4v) is 2.64. The smallest absolute Gasteiger partial charge is 0.248 e. The lowest BCUT2D eigenvalue weighted by atomic mass is 9.94. The summed E-state index contributed by atoms with van der Waals surface area (Å²) in [6.45, 7) is 7.61. The molecular weight excluding hydrogens is 288 g/mol. The number of piperazine rings is 1. The quantitative estimate of drug-likeness (QED) is 0.929. The van der Waals surface area contributed by atoms with E-state index in [1.54, 1.807) is 0 Å². The summed E-state index contributed by atoms with van der Waals surface area (Å²) in [5, 5.41) is 3.15. The zero-order chi connectivity index (χ0) is 15.6. The zero-order valence-corrected chi connectivity index (χ0v) is 12.9. The number of nitrogens with one attached hydrogen (secondary N) is 1. The Morgan fingerprint density at radius 2 is 1.95 bits per heavy atom. The Balaban J connectivity index is 2.40. The molecule has 112 valence electrons. The first-order chi connectivity index (χ1) is 9.91. The first kappa shape index (κ1) is 15.6. The predicted molar refractivity (Wildman–Crippen MR) is 82.7 cm³/mol. The van der Waals surface area contributed by atoms with Crippen LogP contribution in [0.2, 0.25) is 0 Å². The zero-order valence-electron chi connectivity index (χ0n) is 12.2. The van der Waals surface area contributed by atoms with Crippen molar-refractivity contribution in [2.24, 2.45) is 5.92 Å². The van der Waals surface area contributed by atoms with Gasteiger partial charge in [0.15, 0.2) is 0 Å². The largest absolute Gasteiger partial charge is 0.342 e. The molecule has 4 nitrogen and oxygen atoms in total. The van der Waals surface area contributed by atoms with Crippen LogP contribution in [0.4, 0.5) is 0 Å². The third kappa shape index (κ3) is 3.27. The van der Waals surface area contributed by atoms with Crippen molar-refractivity contribution in [3.05, 3.63) is 47.5 Å².